The topological polar surface area (TPSA) is 84.5 Å². The summed E-state index contributed by atoms with van der Waals surface area (Å²) in [7, 11) is 0. The molecule has 0 aromatic heterocycles. The molecule has 0 radical (unpaired) electrons. The SMILES string of the molecule is CCNC(=O)c1cccc(NC(=O)COC(=O)[C@H]2C[C@H]2C)c1. The van der Waals surface area contributed by atoms with Crippen molar-refractivity contribution in [1.82, 2.24) is 5.32 Å². The quantitative estimate of drug-likeness (QED) is 0.781. The average molecular weight is 304 g/mol. The Morgan fingerprint density at radius 3 is 2.68 bits per heavy atom. The molecule has 2 N–H and O–H groups in total. The second kappa shape index (κ2) is 7.06. The van der Waals surface area contributed by atoms with Crippen molar-refractivity contribution in [3.05, 3.63) is 29.8 Å². The average Bonchev–Trinajstić information content (AvgIpc) is 3.22. The van der Waals surface area contributed by atoms with E-state index < -0.39 is 5.91 Å². The third-order valence-electron chi connectivity index (χ3n) is 3.50. The standard InChI is InChI=1S/C16H20N2O4/c1-3-17-15(20)11-5-4-6-12(8-11)18-14(19)9-22-16(21)13-7-10(13)2/h4-6,8,10,13H,3,7,9H2,1-2H3,(H,17,20)(H,18,19)/t10-,13+/m1/s1. The smallest absolute Gasteiger partial charge is 0.309 e. The fourth-order valence-corrected chi connectivity index (χ4v) is 2.09. The Morgan fingerprint density at radius 2 is 2.05 bits per heavy atom. The minimum atomic E-state index is -0.422. The lowest BCUT2D eigenvalue weighted by molar-refractivity contribution is -0.148. The highest BCUT2D eigenvalue weighted by Gasteiger charge is 2.40. The lowest BCUT2D eigenvalue weighted by atomic mass is 10.2. The van der Waals surface area contributed by atoms with Gasteiger partial charge in [-0.05, 0) is 37.5 Å². The largest absolute Gasteiger partial charge is 0.455 e. The van der Waals surface area contributed by atoms with Crippen LogP contribution in [0.5, 0.6) is 0 Å². The summed E-state index contributed by atoms with van der Waals surface area (Å²) in [4.78, 5) is 35.0. The van der Waals surface area contributed by atoms with Crippen LogP contribution in [0.15, 0.2) is 24.3 Å². The Kier molecular flexibility index (Phi) is 5.14. The van der Waals surface area contributed by atoms with Crippen LogP contribution in [-0.2, 0) is 14.3 Å². The first kappa shape index (κ1) is 16.0. The Balaban J connectivity index is 1.84. The van der Waals surface area contributed by atoms with E-state index in [4.69, 9.17) is 4.74 Å². The number of carbonyl (C=O) groups excluding carboxylic acids is 3. The lowest BCUT2D eigenvalue weighted by Crippen LogP contribution is -2.24. The van der Waals surface area contributed by atoms with Gasteiger partial charge in [-0.15, -0.1) is 0 Å². The molecule has 6 nitrogen and oxygen atoms in total. The van der Waals surface area contributed by atoms with Crippen LogP contribution in [0.25, 0.3) is 0 Å². The van der Waals surface area contributed by atoms with Gasteiger partial charge in [-0.25, -0.2) is 0 Å². The molecule has 22 heavy (non-hydrogen) atoms. The van der Waals surface area contributed by atoms with Crippen LogP contribution in [0.1, 0.15) is 30.6 Å². The van der Waals surface area contributed by atoms with Gasteiger partial charge in [0, 0.05) is 17.8 Å². The molecule has 0 unspecified atom stereocenters. The second-order valence-corrected chi connectivity index (χ2v) is 5.42. The van der Waals surface area contributed by atoms with E-state index >= 15 is 0 Å². The summed E-state index contributed by atoms with van der Waals surface area (Å²) >= 11 is 0. The van der Waals surface area contributed by atoms with Crippen molar-refractivity contribution in [3.8, 4) is 0 Å². The van der Waals surface area contributed by atoms with Gasteiger partial charge in [0.1, 0.15) is 0 Å². The zero-order chi connectivity index (χ0) is 16.1. The molecule has 2 atom stereocenters. The highest BCUT2D eigenvalue weighted by atomic mass is 16.5. The number of esters is 1. The molecule has 0 aliphatic heterocycles. The fraction of sp³-hybridized carbons (Fsp3) is 0.438. The first-order chi connectivity index (χ1) is 10.5. The molecule has 1 aromatic carbocycles. The van der Waals surface area contributed by atoms with Crippen molar-refractivity contribution in [2.45, 2.75) is 20.3 Å². The number of anilines is 1. The molecule has 0 spiro atoms. The summed E-state index contributed by atoms with van der Waals surface area (Å²) in [5.41, 5.74) is 0.952. The number of amides is 2. The van der Waals surface area contributed by atoms with E-state index in [0.29, 0.717) is 23.7 Å². The van der Waals surface area contributed by atoms with Gasteiger partial charge in [0.05, 0.1) is 5.92 Å². The Bertz CT molecular complexity index is 585. The third-order valence-corrected chi connectivity index (χ3v) is 3.50. The molecular weight excluding hydrogens is 284 g/mol. The maximum absolute atomic E-state index is 11.8. The van der Waals surface area contributed by atoms with E-state index in [9.17, 15) is 14.4 Å². The molecule has 1 fully saturated rings. The number of benzene rings is 1. The number of nitrogens with one attached hydrogen (secondary N) is 2. The van der Waals surface area contributed by atoms with E-state index in [1.54, 1.807) is 24.3 Å². The zero-order valence-corrected chi connectivity index (χ0v) is 12.7. The van der Waals surface area contributed by atoms with Crippen molar-refractivity contribution in [2.75, 3.05) is 18.5 Å². The van der Waals surface area contributed by atoms with Crippen LogP contribution in [-0.4, -0.2) is 30.9 Å². The van der Waals surface area contributed by atoms with Gasteiger partial charge < -0.3 is 15.4 Å². The summed E-state index contributed by atoms with van der Waals surface area (Å²) in [6.07, 6.45) is 0.828. The van der Waals surface area contributed by atoms with Gasteiger partial charge in [-0.1, -0.05) is 13.0 Å². The van der Waals surface area contributed by atoms with Crippen LogP contribution in [0.4, 0.5) is 5.69 Å². The minimum Gasteiger partial charge on any atom is -0.455 e. The summed E-state index contributed by atoms with van der Waals surface area (Å²) in [5, 5.41) is 5.29. The van der Waals surface area contributed by atoms with Crippen LogP contribution in [0, 0.1) is 11.8 Å². The molecule has 0 bridgehead atoms. The number of hydrogen-bond acceptors (Lipinski definition) is 4. The van der Waals surface area contributed by atoms with Crippen molar-refractivity contribution in [2.24, 2.45) is 11.8 Å². The fourth-order valence-electron chi connectivity index (χ4n) is 2.09. The predicted molar refractivity (Wildman–Crippen MR) is 81.3 cm³/mol. The van der Waals surface area contributed by atoms with Crippen molar-refractivity contribution >= 4 is 23.5 Å². The van der Waals surface area contributed by atoms with E-state index in [0.717, 1.165) is 6.42 Å². The van der Waals surface area contributed by atoms with E-state index in [2.05, 4.69) is 10.6 Å². The van der Waals surface area contributed by atoms with Gasteiger partial charge in [-0.2, -0.15) is 0 Å². The lowest BCUT2D eigenvalue weighted by Gasteiger charge is -2.08. The number of rotatable bonds is 6. The molecule has 2 amide bonds. The maximum atomic E-state index is 11.8. The third kappa shape index (κ3) is 4.31. The van der Waals surface area contributed by atoms with Gasteiger partial charge in [-0.3, -0.25) is 14.4 Å². The van der Waals surface area contributed by atoms with Crippen molar-refractivity contribution in [1.29, 1.82) is 0 Å². The van der Waals surface area contributed by atoms with Gasteiger partial charge in [0.2, 0.25) is 0 Å². The van der Waals surface area contributed by atoms with Crippen LogP contribution in [0.3, 0.4) is 0 Å². The summed E-state index contributed by atoms with van der Waals surface area (Å²) < 4.78 is 4.96. The summed E-state index contributed by atoms with van der Waals surface area (Å²) in [6.45, 7) is 4.02. The molecule has 0 saturated heterocycles. The van der Waals surface area contributed by atoms with Crippen molar-refractivity contribution in [3.63, 3.8) is 0 Å². The van der Waals surface area contributed by atoms with E-state index in [1.807, 2.05) is 13.8 Å². The summed E-state index contributed by atoms with van der Waals surface area (Å²) in [6, 6.07) is 6.59. The zero-order valence-electron chi connectivity index (χ0n) is 12.7. The van der Waals surface area contributed by atoms with Crippen molar-refractivity contribution < 1.29 is 19.1 Å². The normalized spacial score (nSPS) is 19.2. The van der Waals surface area contributed by atoms with Crippen LogP contribution in [0.2, 0.25) is 0 Å². The van der Waals surface area contributed by atoms with Crippen LogP contribution >= 0.6 is 0 Å². The monoisotopic (exact) mass is 304 g/mol. The Morgan fingerprint density at radius 1 is 1.32 bits per heavy atom. The highest BCUT2D eigenvalue weighted by molar-refractivity contribution is 5.97. The molecule has 6 heteroatoms. The minimum absolute atomic E-state index is 0.0612. The summed E-state index contributed by atoms with van der Waals surface area (Å²) in [5.74, 6) is -0.653. The molecule has 2 rings (SSSR count). The van der Waals surface area contributed by atoms with E-state index in [-0.39, 0.29) is 24.4 Å². The predicted octanol–water partition coefficient (Wildman–Crippen LogP) is 1.57. The molecule has 1 saturated carbocycles. The molecule has 118 valence electrons. The number of ether oxygens (including phenoxy) is 1. The maximum Gasteiger partial charge on any atom is 0.309 e. The molecule has 1 aromatic rings. The molecule has 1 aliphatic carbocycles. The van der Waals surface area contributed by atoms with E-state index in [1.165, 1.54) is 0 Å². The number of hydrogen-bond donors (Lipinski definition) is 2. The van der Waals surface area contributed by atoms with Gasteiger partial charge in [0.15, 0.2) is 6.61 Å². The Hall–Kier alpha value is -2.37. The van der Waals surface area contributed by atoms with Gasteiger partial charge in [0.25, 0.3) is 11.8 Å². The molecule has 0 heterocycles. The highest BCUT2D eigenvalue weighted by Crippen LogP contribution is 2.38. The first-order valence-corrected chi connectivity index (χ1v) is 7.36. The molecule has 1 aliphatic rings. The second-order valence-electron chi connectivity index (χ2n) is 5.42. The first-order valence-electron chi connectivity index (χ1n) is 7.36. The molecular formula is C16H20N2O4. The van der Waals surface area contributed by atoms with Crippen LogP contribution < -0.4 is 10.6 Å². The number of carbonyl (C=O) groups is 3. The Labute approximate surface area is 129 Å². The van der Waals surface area contributed by atoms with Gasteiger partial charge >= 0.3 is 5.97 Å².